The lowest BCUT2D eigenvalue weighted by Crippen LogP contribution is -2.28. The molecule has 3 rings (SSSR count). The molecule has 31 heavy (non-hydrogen) atoms. The fourth-order valence-electron chi connectivity index (χ4n) is 3.21. The van der Waals surface area contributed by atoms with Crippen LogP contribution in [0, 0.1) is 6.92 Å². The van der Waals surface area contributed by atoms with Crippen LogP contribution in [0.25, 0.3) is 0 Å². The predicted molar refractivity (Wildman–Crippen MR) is 124 cm³/mol. The third-order valence-corrected chi connectivity index (χ3v) is 5.80. The summed E-state index contributed by atoms with van der Waals surface area (Å²) in [6.07, 6.45) is 3.59. The normalized spacial score (nSPS) is 10.8. The van der Waals surface area contributed by atoms with Crippen molar-refractivity contribution in [3.63, 3.8) is 0 Å². The molecule has 162 valence electrons. The minimum atomic E-state index is -0.574. The summed E-state index contributed by atoms with van der Waals surface area (Å²) in [6, 6.07) is 15.0. The molecule has 0 saturated heterocycles. The Hall–Kier alpha value is -2.76. The van der Waals surface area contributed by atoms with Crippen LogP contribution >= 0.6 is 23.2 Å². The molecule has 0 fully saturated rings. The molecule has 0 spiro atoms. The molecular weight excluding hydrogens is 435 g/mol. The Balaban J connectivity index is 1.54. The summed E-state index contributed by atoms with van der Waals surface area (Å²) < 4.78 is 1.41. The Labute approximate surface area is 191 Å². The fourth-order valence-corrected chi connectivity index (χ4v) is 3.53. The highest BCUT2D eigenvalue weighted by molar-refractivity contribution is 6.42. The standard InChI is InChI=1S/C24H24Cl2N2O3/c1-16-4-6-17(7-5-16)10-13-28-14-11-19(22(29)24(28)31)23(30)27-12-2-3-18-8-9-20(25)21(26)15-18/h4-9,11,14-15,29H,2-3,10,12-13H2,1H3,(H,27,30). The van der Waals surface area contributed by atoms with E-state index in [4.69, 9.17) is 23.2 Å². The Morgan fingerprint density at radius 1 is 1.00 bits per heavy atom. The lowest BCUT2D eigenvalue weighted by atomic mass is 10.1. The molecule has 7 heteroatoms. The Bertz CT molecular complexity index is 1120. The first-order valence-corrected chi connectivity index (χ1v) is 10.8. The topological polar surface area (TPSA) is 71.3 Å². The van der Waals surface area contributed by atoms with Crippen LogP contribution in [0.3, 0.4) is 0 Å². The first-order valence-electron chi connectivity index (χ1n) is 10.0. The van der Waals surface area contributed by atoms with Crippen LogP contribution in [0.1, 0.15) is 33.5 Å². The Morgan fingerprint density at radius 3 is 2.42 bits per heavy atom. The van der Waals surface area contributed by atoms with E-state index in [1.165, 1.54) is 16.2 Å². The van der Waals surface area contributed by atoms with Gasteiger partial charge in [-0.3, -0.25) is 9.59 Å². The summed E-state index contributed by atoms with van der Waals surface area (Å²) in [5.74, 6) is -1.01. The molecule has 0 unspecified atom stereocenters. The van der Waals surface area contributed by atoms with Crippen LogP contribution in [0.15, 0.2) is 59.5 Å². The highest BCUT2D eigenvalue weighted by Gasteiger charge is 2.15. The minimum absolute atomic E-state index is 0.0221. The van der Waals surface area contributed by atoms with E-state index < -0.39 is 17.2 Å². The summed E-state index contributed by atoms with van der Waals surface area (Å²) in [5, 5.41) is 14.0. The maximum atomic E-state index is 12.5. The molecule has 0 aliphatic heterocycles. The van der Waals surface area contributed by atoms with Gasteiger partial charge in [0.2, 0.25) is 0 Å². The van der Waals surface area contributed by atoms with E-state index in [-0.39, 0.29) is 5.56 Å². The van der Waals surface area contributed by atoms with Gasteiger partial charge in [0.15, 0.2) is 5.75 Å². The van der Waals surface area contributed by atoms with E-state index >= 15 is 0 Å². The van der Waals surface area contributed by atoms with Gasteiger partial charge in [-0.1, -0.05) is 59.1 Å². The molecule has 1 amide bonds. The number of hydrogen-bond donors (Lipinski definition) is 2. The zero-order valence-corrected chi connectivity index (χ0v) is 18.7. The zero-order valence-electron chi connectivity index (χ0n) is 17.2. The summed E-state index contributed by atoms with van der Waals surface area (Å²) in [4.78, 5) is 24.8. The van der Waals surface area contributed by atoms with Gasteiger partial charge in [-0.15, -0.1) is 0 Å². The van der Waals surface area contributed by atoms with E-state index in [0.717, 1.165) is 11.1 Å². The molecule has 0 radical (unpaired) electrons. The largest absolute Gasteiger partial charge is 0.502 e. The molecule has 0 bridgehead atoms. The van der Waals surface area contributed by atoms with Gasteiger partial charge in [0.25, 0.3) is 11.5 Å². The van der Waals surface area contributed by atoms with Crippen molar-refractivity contribution in [3.05, 3.63) is 97.4 Å². The van der Waals surface area contributed by atoms with Gasteiger partial charge in [-0.2, -0.15) is 0 Å². The van der Waals surface area contributed by atoms with E-state index in [1.807, 2.05) is 37.3 Å². The maximum Gasteiger partial charge on any atom is 0.293 e. The minimum Gasteiger partial charge on any atom is -0.502 e. The van der Waals surface area contributed by atoms with Gasteiger partial charge < -0.3 is 15.0 Å². The van der Waals surface area contributed by atoms with E-state index in [0.29, 0.717) is 42.4 Å². The van der Waals surface area contributed by atoms with Gasteiger partial charge in [0.05, 0.1) is 15.6 Å². The molecule has 2 aromatic carbocycles. The van der Waals surface area contributed by atoms with Gasteiger partial charge >= 0.3 is 0 Å². The summed E-state index contributed by atoms with van der Waals surface area (Å²) in [7, 11) is 0. The third-order valence-electron chi connectivity index (χ3n) is 5.06. The van der Waals surface area contributed by atoms with Crippen molar-refractivity contribution < 1.29 is 9.90 Å². The summed E-state index contributed by atoms with van der Waals surface area (Å²) in [6.45, 7) is 2.83. The average molecular weight is 459 g/mol. The van der Waals surface area contributed by atoms with Gasteiger partial charge in [0, 0.05) is 19.3 Å². The molecule has 0 atom stereocenters. The first kappa shape index (κ1) is 22.9. The van der Waals surface area contributed by atoms with Crippen molar-refractivity contribution in [2.24, 2.45) is 0 Å². The highest BCUT2D eigenvalue weighted by Crippen LogP contribution is 2.23. The SMILES string of the molecule is Cc1ccc(CCn2ccc(C(=O)NCCCc3ccc(Cl)c(Cl)c3)c(O)c2=O)cc1. The number of aryl methyl sites for hydroxylation is 4. The maximum absolute atomic E-state index is 12.5. The molecule has 0 saturated carbocycles. The average Bonchev–Trinajstić information content (AvgIpc) is 2.75. The Morgan fingerprint density at radius 2 is 1.71 bits per heavy atom. The molecule has 1 aromatic heterocycles. The number of carbonyl (C=O) groups is 1. The molecule has 0 aliphatic carbocycles. The van der Waals surface area contributed by atoms with Gasteiger partial charge in [0.1, 0.15) is 0 Å². The highest BCUT2D eigenvalue weighted by atomic mass is 35.5. The van der Waals surface area contributed by atoms with Crippen molar-refractivity contribution in [1.29, 1.82) is 0 Å². The van der Waals surface area contributed by atoms with Crippen LogP contribution in [0.5, 0.6) is 5.75 Å². The van der Waals surface area contributed by atoms with Crippen LogP contribution in [0.2, 0.25) is 10.0 Å². The molecule has 1 heterocycles. The van der Waals surface area contributed by atoms with Crippen molar-refractivity contribution in [3.8, 4) is 5.75 Å². The van der Waals surface area contributed by atoms with E-state index in [9.17, 15) is 14.7 Å². The number of hydrogen-bond acceptors (Lipinski definition) is 3. The van der Waals surface area contributed by atoms with E-state index in [1.54, 1.807) is 18.3 Å². The van der Waals surface area contributed by atoms with Gasteiger partial charge in [-0.05, 0) is 55.5 Å². The molecular formula is C24H24Cl2N2O3. The second-order valence-corrected chi connectivity index (χ2v) is 8.23. The number of pyridine rings is 1. The summed E-state index contributed by atoms with van der Waals surface area (Å²) >= 11 is 11.9. The molecule has 3 aromatic rings. The smallest absolute Gasteiger partial charge is 0.293 e. The number of halogens is 2. The van der Waals surface area contributed by atoms with E-state index in [2.05, 4.69) is 5.32 Å². The zero-order chi connectivity index (χ0) is 22.4. The Kier molecular flexibility index (Phi) is 7.77. The number of amides is 1. The molecule has 0 aliphatic rings. The number of nitrogens with one attached hydrogen (secondary N) is 1. The van der Waals surface area contributed by atoms with Crippen LogP contribution in [-0.4, -0.2) is 22.1 Å². The van der Waals surface area contributed by atoms with Crippen LogP contribution in [0.4, 0.5) is 0 Å². The lowest BCUT2D eigenvalue weighted by Gasteiger charge is -2.10. The number of benzene rings is 2. The van der Waals surface area contributed by atoms with Crippen molar-refractivity contribution >= 4 is 29.1 Å². The van der Waals surface area contributed by atoms with Crippen LogP contribution < -0.4 is 10.9 Å². The van der Waals surface area contributed by atoms with Crippen molar-refractivity contribution in [1.82, 2.24) is 9.88 Å². The fraction of sp³-hybridized carbons (Fsp3) is 0.250. The monoisotopic (exact) mass is 458 g/mol. The number of rotatable bonds is 8. The second kappa shape index (κ2) is 10.5. The predicted octanol–water partition coefficient (Wildman–Crippen LogP) is 4.77. The first-order chi connectivity index (χ1) is 14.8. The van der Waals surface area contributed by atoms with Crippen LogP contribution in [-0.2, 0) is 19.4 Å². The lowest BCUT2D eigenvalue weighted by molar-refractivity contribution is 0.0950. The van der Waals surface area contributed by atoms with Gasteiger partial charge in [-0.25, -0.2) is 0 Å². The number of aromatic hydroxyl groups is 1. The third kappa shape index (κ3) is 6.12. The molecule has 5 nitrogen and oxygen atoms in total. The number of aromatic nitrogens is 1. The number of carbonyl (C=O) groups excluding carboxylic acids is 1. The van der Waals surface area contributed by atoms with Crippen molar-refractivity contribution in [2.45, 2.75) is 32.7 Å². The number of nitrogens with zero attached hydrogens (tertiary/aromatic N) is 1. The summed E-state index contributed by atoms with van der Waals surface area (Å²) in [5.41, 5.74) is 2.69. The second-order valence-electron chi connectivity index (χ2n) is 7.42. The van der Waals surface area contributed by atoms with Crippen molar-refractivity contribution in [2.75, 3.05) is 6.54 Å². The quantitative estimate of drug-likeness (QED) is 0.477. The molecule has 2 N–H and O–H groups in total.